The summed E-state index contributed by atoms with van der Waals surface area (Å²) in [5, 5.41) is 9.85. The van der Waals surface area contributed by atoms with Gasteiger partial charge in [0.05, 0.1) is 6.54 Å². The van der Waals surface area contributed by atoms with E-state index in [4.69, 9.17) is 22.6 Å². The van der Waals surface area contributed by atoms with E-state index in [9.17, 15) is 0 Å². The molecule has 7 nitrogen and oxygen atoms in total. The molecule has 100 valence electrons. The van der Waals surface area contributed by atoms with E-state index in [-0.39, 0.29) is 11.9 Å². The summed E-state index contributed by atoms with van der Waals surface area (Å²) >= 11 is 0. The number of nitrogens with two attached hydrogens (primary N) is 3. The maximum absolute atomic E-state index is 7.07. The van der Waals surface area contributed by atoms with E-state index in [1.165, 1.54) is 0 Å². The summed E-state index contributed by atoms with van der Waals surface area (Å²) in [4.78, 5) is 6.20. The van der Waals surface area contributed by atoms with Crippen LogP contribution in [-0.2, 0) is 0 Å². The molecular formula is C10H25N7. The molecule has 7 heteroatoms. The van der Waals surface area contributed by atoms with Gasteiger partial charge in [0.15, 0.2) is 11.9 Å². The first-order valence-corrected chi connectivity index (χ1v) is 5.77. The lowest BCUT2D eigenvalue weighted by Gasteiger charge is -2.23. The quantitative estimate of drug-likeness (QED) is 0.267. The number of hydrogen-bond acceptors (Lipinski definition) is 3. The molecule has 0 radical (unpaired) electrons. The van der Waals surface area contributed by atoms with Crippen molar-refractivity contribution < 1.29 is 0 Å². The van der Waals surface area contributed by atoms with Crippen molar-refractivity contribution in [2.24, 2.45) is 28.1 Å². The third kappa shape index (κ3) is 10.8. The molecule has 0 aliphatic rings. The van der Waals surface area contributed by atoms with E-state index >= 15 is 0 Å². The summed E-state index contributed by atoms with van der Waals surface area (Å²) in [5.41, 5.74) is 15.8. The Hall–Kier alpha value is -1.50. The van der Waals surface area contributed by atoms with Crippen molar-refractivity contribution in [1.29, 1.82) is 5.41 Å². The van der Waals surface area contributed by atoms with Crippen LogP contribution in [0.25, 0.3) is 0 Å². The summed E-state index contributed by atoms with van der Waals surface area (Å²) in [6, 6.07) is 0. The summed E-state index contributed by atoms with van der Waals surface area (Å²) in [7, 11) is 0. The second-order valence-corrected chi connectivity index (χ2v) is 4.34. The van der Waals surface area contributed by atoms with Gasteiger partial charge in [-0.05, 0) is 5.92 Å². The smallest absolute Gasteiger partial charge is 0.185 e. The zero-order valence-corrected chi connectivity index (χ0v) is 10.7. The lowest BCUT2D eigenvalue weighted by molar-refractivity contribution is 0.254. The third-order valence-electron chi connectivity index (χ3n) is 2.08. The van der Waals surface area contributed by atoms with Crippen LogP contribution in [-0.4, -0.2) is 49.5 Å². The number of guanidine groups is 2. The first kappa shape index (κ1) is 15.5. The molecule has 0 rings (SSSR count). The average molecular weight is 243 g/mol. The summed E-state index contributed by atoms with van der Waals surface area (Å²) in [6.07, 6.45) is 0. The zero-order chi connectivity index (χ0) is 13.3. The van der Waals surface area contributed by atoms with Gasteiger partial charge >= 0.3 is 0 Å². The number of nitrogens with one attached hydrogen (secondary N) is 2. The van der Waals surface area contributed by atoms with Crippen LogP contribution in [0.3, 0.4) is 0 Å². The van der Waals surface area contributed by atoms with Crippen LogP contribution in [0.5, 0.6) is 0 Å². The van der Waals surface area contributed by atoms with E-state index in [1.54, 1.807) is 0 Å². The predicted molar refractivity (Wildman–Crippen MR) is 71.9 cm³/mol. The fraction of sp³-hybridized carbons (Fsp3) is 0.800. The van der Waals surface area contributed by atoms with Gasteiger partial charge < -0.3 is 22.5 Å². The largest absolute Gasteiger partial charge is 0.370 e. The molecule has 0 saturated heterocycles. The molecule has 0 fully saturated rings. The Kier molecular flexibility index (Phi) is 7.87. The topological polar surface area (TPSA) is 130 Å². The van der Waals surface area contributed by atoms with Crippen LogP contribution in [0.4, 0.5) is 0 Å². The molecule has 0 aromatic rings. The van der Waals surface area contributed by atoms with E-state index in [1.807, 2.05) is 0 Å². The lowest BCUT2D eigenvalue weighted by atomic mass is 10.2. The minimum atomic E-state index is -0.00118. The van der Waals surface area contributed by atoms with Crippen LogP contribution in [0.15, 0.2) is 4.99 Å². The molecule has 0 unspecified atom stereocenters. The van der Waals surface area contributed by atoms with Gasteiger partial charge in [-0.1, -0.05) is 13.8 Å². The fourth-order valence-corrected chi connectivity index (χ4v) is 1.48. The Morgan fingerprint density at radius 1 is 1.29 bits per heavy atom. The SMILES string of the molecule is CC(C)CN(CCN=C(N)N)CCNC(=N)N. The second-order valence-electron chi connectivity index (χ2n) is 4.34. The van der Waals surface area contributed by atoms with Gasteiger partial charge in [0.2, 0.25) is 0 Å². The van der Waals surface area contributed by atoms with Gasteiger partial charge in [-0.2, -0.15) is 0 Å². The van der Waals surface area contributed by atoms with Gasteiger partial charge in [-0.3, -0.25) is 15.3 Å². The van der Waals surface area contributed by atoms with Crippen molar-refractivity contribution in [1.82, 2.24) is 10.2 Å². The van der Waals surface area contributed by atoms with Crippen molar-refractivity contribution in [3.05, 3.63) is 0 Å². The van der Waals surface area contributed by atoms with Crippen molar-refractivity contribution in [2.75, 3.05) is 32.7 Å². The molecular weight excluding hydrogens is 218 g/mol. The number of aliphatic imine (C=N–C) groups is 1. The van der Waals surface area contributed by atoms with Gasteiger partial charge in [0, 0.05) is 26.2 Å². The Bertz CT molecular complexity index is 245. The molecule has 0 amide bonds. The maximum atomic E-state index is 7.07. The van der Waals surface area contributed by atoms with Crippen LogP contribution >= 0.6 is 0 Å². The lowest BCUT2D eigenvalue weighted by Crippen LogP contribution is -2.40. The number of rotatable bonds is 8. The van der Waals surface area contributed by atoms with Crippen LogP contribution in [0.1, 0.15) is 13.8 Å². The highest BCUT2D eigenvalue weighted by atomic mass is 15.2. The summed E-state index contributed by atoms with van der Waals surface area (Å²) in [5.74, 6) is 0.696. The number of nitrogens with zero attached hydrogens (tertiary/aromatic N) is 2. The molecule has 0 aromatic heterocycles. The number of hydrogen-bond donors (Lipinski definition) is 5. The fourth-order valence-electron chi connectivity index (χ4n) is 1.48. The van der Waals surface area contributed by atoms with Crippen molar-refractivity contribution in [3.8, 4) is 0 Å². The molecule has 0 atom stereocenters. The first-order chi connectivity index (χ1) is 7.91. The zero-order valence-electron chi connectivity index (χ0n) is 10.7. The minimum Gasteiger partial charge on any atom is -0.370 e. The van der Waals surface area contributed by atoms with E-state index in [0.29, 0.717) is 19.0 Å². The van der Waals surface area contributed by atoms with Gasteiger partial charge in [-0.15, -0.1) is 0 Å². The highest BCUT2D eigenvalue weighted by molar-refractivity contribution is 5.75. The van der Waals surface area contributed by atoms with Gasteiger partial charge in [0.1, 0.15) is 0 Å². The molecule has 0 bridgehead atoms. The minimum absolute atomic E-state index is 0.00118. The summed E-state index contributed by atoms with van der Waals surface area (Å²) < 4.78 is 0. The molecule has 0 saturated carbocycles. The summed E-state index contributed by atoms with van der Waals surface area (Å²) in [6.45, 7) is 8.16. The maximum Gasteiger partial charge on any atom is 0.185 e. The van der Waals surface area contributed by atoms with E-state index < -0.39 is 0 Å². The Labute approximate surface area is 103 Å². The second kappa shape index (κ2) is 8.63. The molecule has 0 aliphatic heterocycles. The molecule has 0 spiro atoms. The molecule has 0 heterocycles. The predicted octanol–water partition coefficient (Wildman–Crippen LogP) is -1.30. The van der Waals surface area contributed by atoms with E-state index in [0.717, 1.165) is 19.6 Å². The first-order valence-electron chi connectivity index (χ1n) is 5.77. The highest BCUT2D eigenvalue weighted by Gasteiger charge is 2.06. The van der Waals surface area contributed by atoms with E-state index in [2.05, 4.69) is 29.1 Å². The Morgan fingerprint density at radius 3 is 2.41 bits per heavy atom. The van der Waals surface area contributed by atoms with Crippen molar-refractivity contribution in [2.45, 2.75) is 13.8 Å². The highest BCUT2D eigenvalue weighted by Crippen LogP contribution is 1.97. The standard InChI is InChI=1S/C10H25N7/c1-8(2)7-17(5-3-15-9(11)12)6-4-16-10(13)14/h8H,3-7H2,1-2H3,(H4,11,12,15)(H4,13,14,16). The molecule has 0 aliphatic carbocycles. The van der Waals surface area contributed by atoms with Gasteiger partial charge in [0.25, 0.3) is 0 Å². The average Bonchev–Trinajstić information content (AvgIpc) is 2.15. The van der Waals surface area contributed by atoms with Crippen LogP contribution < -0.4 is 22.5 Å². The van der Waals surface area contributed by atoms with Crippen molar-refractivity contribution >= 4 is 11.9 Å². The Morgan fingerprint density at radius 2 is 1.94 bits per heavy atom. The van der Waals surface area contributed by atoms with Gasteiger partial charge in [-0.25, -0.2) is 0 Å². The molecule has 8 N–H and O–H groups in total. The Balaban J connectivity index is 3.96. The normalized spacial score (nSPS) is 10.6. The third-order valence-corrected chi connectivity index (χ3v) is 2.08. The van der Waals surface area contributed by atoms with Crippen LogP contribution in [0.2, 0.25) is 0 Å². The molecule has 0 aromatic carbocycles. The van der Waals surface area contributed by atoms with Crippen molar-refractivity contribution in [3.63, 3.8) is 0 Å². The molecule has 17 heavy (non-hydrogen) atoms. The van der Waals surface area contributed by atoms with Crippen LogP contribution in [0, 0.1) is 11.3 Å². The monoisotopic (exact) mass is 243 g/mol.